The number of amides is 1. The highest BCUT2D eigenvalue weighted by Gasteiger charge is 2.20. The first-order chi connectivity index (χ1) is 10.1. The summed E-state index contributed by atoms with van der Waals surface area (Å²) in [5.74, 6) is 1.12. The number of imidazole rings is 1. The molecule has 1 aliphatic heterocycles. The second-order valence-corrected chi connectivity index (χ2v) is 5.66. The van der Waals surface area contributed by atoms with Crippen molar-refractivity contribution in [2.45, 2.75) is 45.2 Å². The van der Waals surface area contributed by atoms with Crippen LogP contribution in [0.4, 0.5) is 0 Å². The fraction of sp³-hybridized carbons (Fsp3) is 0.500. The van der Waals surface area contributed by atoms with Gasteiger partial charge in [-0.1, -0.05) is 5.16 Å². The summed E-state index contributed by atoms with van der Waals surface area (Å²) in [7, 11) is 0. The van der Waals surface area contributed by atoms with Gasteiger partial charge in [0.1, 0.15) is 5.82 Å². The molecule has 1 atom stereocenters. The Morgan fingerprint density at radius 3 is 3.24 bits per heavy atom. The van der Waals surface area contributed by atoms with Crippen LogP contribution in [-0.2, 0) is 24.2 Å². The molecule has 0 unspecified atom stereocenters. The number of halogens is 1. The quantitative estimate of drug-likeness (QED) is 0.936. The smallest absolute Gasteiger partial charge is 0.229 e. The minimum Gasteiger partial charge on any atom is -0.352 e. The van der Waals surface area contributed by atoms with Gasteiger partial charge >= 0.3 is 0 Å². The topological polar surface area (TPSA) is 73.0 Å². The van der Waals surface area contributed by atoms with Crippen LogP contribution < -0.4 is 5.32 Å². The average molecular weight is 309 g/mol. The van der Waals surface area contributed by atoms with Crippen LogP contribution in [0, 0.1) is 6.92 Å². The standard InChI is InChI=1S/C14H17ClN4O2/c1-9-11(14(15)21-18-9)3-5-13(20)17-10-2-4-12-16-6-7-19(12)8-10/h6-7,10H,2-5,8H2,1H3,(H,17,20)/t10-/m0/s1. The molecule has 3 heterocycles. The number of nitrogens with one attached hydrogen (secondary N) is 1. The predicted molar refractivity (Wildman–Crippen MR) is 77.0 cm³/mol. The molecule has 0 spiro atoms. The molecule has 21 heavy (non-hydrogen) atoms. The van der Waals surface area contributed by atoms with Crippen molar-refractivity contribution in [2.24, 2.45) is 0 Å². The van der Waals surface area contributed by atoms with Gasteiger partial charge in [0.2, 0.25) is 11.1 Å². The summed E-state index contributed by atoms with van der Waals surface area (Å²) in [4.78, 5) is 16.3. The summed E-state index contributed by atoms with van der Waals surface area (Å²) < 4.78 is 6.97. The summed E-state index contributed by atoms with van der Waals surface area (Å²) in [5.41, 5.74) is 1.56. The van der Waals surface area contributed by atoms with Gasteiger partial charge in [0, 0.05) is 43.4 Å². The van der Waals surface area contributed by atoms with E-state index in [4.69, 9.17) is 16.1 Å². The van der Waals surface area contributed by atoms with Gasteiger partial charge in [-0.05, 0) is 31.4 Å². The van der Waals surface area contributed by atoms with Crippen LogP contribution in [0.1, 0.15) is 29.9 Å². The van der Waals surface area contributed by atoms with Crippen molar-refractivity contribution in [1.82, 2.24) is 20.0 Å². The van der Waals surface area contributed by atoms with E-state index >= 15 is 0 Å². The number of rotatable bonds is 4. The number of nitrogens with zero attached hydrogens (tertiary/aromatic N) is 3. The first kappa shape index (κ1) is 14.1. The summed E-state index contributed by atoms with van der Waals surface area (Å²) in [6, 6.07) is 0.165. The third kappa shape index (κ3) is 3.10. The predicted octanol–water partition coefficient (Wildman–Crippen LogP) is 1.90. The highest BCUT2D eigenvalue weighted by molar-refractivity contribution is 6.29. The SMILES string of the molecule is Cc1noc(Cl)c1CCC(=O)N[C@H]1CCc2nccn2C1. The maximum Gasteiger partial charge on any atom is 0.229 e. The van der Waals surface area contributed by atoms with Gasteiger partial charge in [-0.2, -0.15) is 0 Å². The van der Waals surface area contributed by atoms with Crippen molar-refractivity contribution in [1.29, 1.82) is 0 Å². The van der Waals surface area contributed by atoms with Crippen molar-refractivity contribution in [3.63, 3.8) is 0 Å². The molecule has 0 radical (unpaired) electrons. The fourth-order valence-corrected chi connectivity index (χ4v) is 2.93. The van der Waals surface area contributed by atoms with Crippen LogP contribution in [0.5, 0.6) is 0 Å². The van der Waals surface area contributed by atoms with E-state index in [0.29, 0.717) is 12.8 Å². The van der Waals surface area contributed by atoms with Gasteiger partial charge in [0.05, 0.1) is 5.69 Å². The summed E-state index contributed by atoms with van der Waals surface area (Å²) in [6.07, 6.45) is 6.51. The van der Waals surface area contributed by atoms with Crippen molar-refractivity contribution in [3.05, 3.63) is 34.7 Å². The lowest BCUT2D eigenvalue weighted by molar-refractivity contribution is -0.122. The number of hydrogen-bond donors (Lipinski definition) is 1. The largest absolute Gasteiger partial charge is 0.352 e. The highest BCUT2D eigenvalue weighted by Crippen LogP contribution is 2.20. The summed E-state index contributed by atoms with van der Waals surface area (Å²) in [5, 5.41) is 7.13. The van der Waals surface area contributed by atoms with Gasteiger partial charge in [-0.25, -0.2) is 4.98 Å². The molecular weight excluding hydrogens is 292 g/mol. The van der Waals surface area contributed by atoms with E-state index in [-0.39, 0.29) is 17.2 Å². The lowest BCUT2D eigenvalue weighted by atomic mass is 10.1. The Labute approximate surface area is 127 Å². The second kappa shape index (κ2) is 5.89. The number of aromatic nitrogens is 3. The zero-order valence-electron chi connectivity index (χ0n) is 11.8. The zero-order chi connectivity index (χ0) is 14.8. The lowest BCUT2D eigenvalue weighted by Gasteiger charge is -2.24. The van der Waals surface area contributed by atoms with E-state index in [1.165, 1.54) is 0 Å². The number of fused-ring (bicyclic) bond motifs is 1. The highest BCUT2D eigenvalue weighted by atomic mass is 35.5. The summed E-state index contributed by atoms with van der Waals surface area (Å²) >= 11 is 5.89. The van der Waals surface area contributed by atoms with E-state index < -0.39 is 0 Å². The molecule has 6 nitrogen and oxygen atoms in total. The van der Waals surface area contributed by atoms with Crippen LogP contribution in [0.25, 0.3) is 0 Å². The third-order valence-electron chi connectivity index (χ3n) is 3.84. The molecule has 2 aromatic rings. The van der Waals surface area contributed by atoms with Crippen LogP contribution in [0.2, 0.25) is 5.22 Å². The molecule has 0 aromatic carbocycles. The maximum absolute atomic E-state index is 12.0. The van der Waals surface area contributed by atoms with E-state index in [9.17, 15) is 4.79 Å². The Morgan fingerprint density at radius 2 is 2.48 bits per heavy atom. The Morgan fingerprint density at radius 1 is 1.62 bits per heavy atom. The Hall–Kier alpha value is -1.82. The maximum atomic E-state index is 12.0. The minimum atomic E-state index is 0.0280. The Kier molecular flexibility index (Phi) is 3.96. The monoisotopic (exact) mass is 308 g/mol. The molecule has 112 valence electrons. The molecular formula is C14H17ClN4O2. The van der Waals surface area contributed by atoms with Crippen LogP contribution >= 0.6 is 11.6 Å². The van der Waals surface area contributed by atoms with Crippen molar-refractivity contribution >= 4 is 17.5 Å². The molecule has 7 heteroatoms. The molecule has 1 amide bonds. The van der Waals surface area contributed by atoms with Gasteiger partial charge in [-0.3, -0.25) is 4.79 Å². The van der Waals surface area contributed by atoms with Crippen molar-refractivity contribution < 1.29 is 9.32 Å². The Bertz CT molecular complexity index is 630. The zero-order valence-corrected chi connectivity index (χ0v) is 12.6. The molecule has 3 rings (SSSR count). The number of hydrogen-bond acceptors (Lipinski definition) is 4. The van der Waals surface area contributed by atoms with Crippen LogP contribution in [0.3, 0.4) is 0 Å². The van der Waals surface area contributed by atoms with E-state index in [0.717, 1.165) is 36.5 Å². The first-order valence-electron chi connectivity index (χ1n) is 7.03. The molecule has 0 saturated carbocycles. The number of aryl methyl sites for hydroxylation is 2. The molecule has 1 N–H and O–H groups in total. The first-order valence-corrected chi connectivity index (χ1v) is 7.41. The molecule has 0 fully saturated rings. The van der Waals surface area contributed by atoms with Gasteiger partial charge in [0.15, 0.2) is 0 Å². The van der Waals surface area contributed by atoms with E-state index in [1.54, 1.807) is 6.20 Å². The fourth-order valence-electron chi connectivity index (χ4n) is 2.66. The normalized spacial score (nSPS) is 17.5. The molecule has 0 saturated heterocycles. The average Bonchev–Trinajstić information content (AvgIpc) is 3.04. The van der Waals surface area contributed by atoms with E-state index in [2.05, 4.69) is 20.0 Å². The summed E-state index contributed by atoms with van der Waals surface area (Å²) in [6.45, 7) is 2.61. The van der Waals surface area contributed by atoms with Crippen molar-refractivity contribution in [2.75, 3.05) is 0 Å². The molecule has 0 aliphatic carbocycles. The van der Waals surface area contributed by atoms with Crippen LogP contribution in [0.15, 0.2) is 16.9 Å². The second-order valence-electron chi connectivity index (χ2n) is 5.32. The number of carbonyl (C=O) groups excluding carboxylic acids is 1. The van der Waals surface area contributed by atoms with Gasteiger partial charge < -0.3 is 14.4 Å². The number of carbonyl (C=O) groups is 1. The molecule has 2 aromatic heterocycles. The lowest BCUT2D eigenvalue weighted by Crippen LogP contribution is -2.41. The van der Waals surface area contributed by atoms with Gasteiger partial charge in [0.25, 0.3) is 0 Å². The minimum absolute atomic E-state index is 0.0280. The van der Waals surface area contributed by atoms with E-state index in [1.807, 2.05) is 13.1 Å². The van der Waals surface area contributed by atoms with Gasteiger partial charge in [-0.15, -0.1) is 0 Å². The molecule has 1 aliphatic rings. The van der Waals surface area contributed by atoms with Crippen molar-refractivity contribution in [3.8, 4) is 0 Å². The Balaban J connectivity index is 1.51. The molecule has 0 bridgehead atoms. The van der Waals surface area contributed by atoms with Crippen LogP contribution in [-0.4, -0.2) is 26.7 Å². The third-order valence-corrected chi connectivity index (χ3v) is 4.14.